The van der Waals surface area contributed by atoms with Gasteiger partial charge >= 0.3 is 0 Å². The Balaban J connectivity index is 1.68. The highest BCUT2D eigenvalue weighted by Gasteiger charge is 2.15. The first-order valence-corrected chi connectivity index (χ1v) is 7.39. The molecule has 0 amide bonds. The van der Waals surface area contributed by atoms with E-state index in [9.17, 15) is 5.11 Å². The summed E-state index contributed by atoms with van der Waals surface area (Å²) in [5.74, 6) is 1.16. The normalized spacial score (nSPS) is 17.8. The van der Waals surface area contributed by atoms with Crippen molar-refractivity contribution in [2.24, 2.45) is 5.92 Å². The first-order chi connectivity index (χ1) is 9.15. The molecule has 1 aromatic carbocycles. The minimum atomic E-state index is 0.316. The summed E-state index contributed by atoms with van der Waals surface area (Å²) in [6.45, 7) is 4.12. The maximum atomic E-state index is 9.71. The molecule has 0 radical (unpaired) electrons. The number of benzene rings is 1. The molecule has 2 N–H and O–H groups in total. The van der Waals surface area contributed by atoms with E-state index in [1.165, 1.54) is 32.4 Å². The van der Waals surface area contributed by atoms with Crippen molar-refractivity contribution in [1.29, 1.82) is 0 Å². The number of halogens is 1. The number of piperidine rings is 1. The molecule has 3 nitrogen and oxygen atoms in total. The minimum Gasteiger partial charge on any atom is -0.508 e. The van der Waals surface area contributed by atoms with E-state index >= 15 is 0 Å². The van der Waals surface area contributed by atoms with Crippen molar-refractivity contribution in [1.82, 2.24) is 10.2 Å². The van der Waals surface area contributed by atoms with E-state index in [-0.39, 0.29) is 0 Å². The van der Waals surface area contributed by atoms with Gasteiger partial charge in [-0.2, -0.15) is 0 Å². The number of likely N-dealkylation sites (tertiary alicyclic amines) is 1. The molecule has 1 saturated heterocycles. The number of hydrogen-bond acceptors (Lipinski definition) is 3. The van der Waals surface area contributed by atoms with Gasteiger partial charge in [0.15, 0.2) is 0 Å². The number of nitrogens with one attached hydrogen (secondary N) is 1. The Kier molecular flexibility index (Phi) is 5.49. The fraction of sp³-hybridized carbons (Fsp3) is 0.600. The average Bonchev–Trinajstić information content (AvgIpc) is 2.40. The lowest BCUT2D eigenvalue weighted by molar-refractivity contribution is 0.211. The van der Waals surface area contributed by atoms with Crippen molar-refractivity contribution in [3.63, 3.8) is 0 Å². The molecule has 0 bridgehead atoms. The maximum absolute atomic E-state index is 9.71. The van der Waals surface area contributed by atoms with E-state index in [2.05, 4.69) is 17.3 Å². The van der Waals surface area contributed by atoms with Crippen molar-refractivity contribution >= 4 is 11.6 Å². The molecule has 2 rings (SSSR count). The number of phenolic OH excluding ortho intramolecular Hbond substituents is 1. The van der Waals surface area contributed by atoms with Gasteiger partial charge in [0.1, 0.15) is 5.75 Å². The van der Waals surface area contributed by atoms with Crippen molar-refractivity contribution in [3.05, 3.63) is 28.8 Å². The monoisotopic (exact) mass is 282 g/mol. The molecule has 1 aliphatic heterocycles. The van der Waals surface area contributed by atoms with Crippen molar-refractivity contribution < 1.29 is 5.11 Å². The van der Waals surface area contributed by atoms with Gasteiger partial charge in [0.05, 0.1) is 0 Å². The second-order valence-corrected chi connectivity index (χ2v) is 5.92. The van der Waals surface area contributed by atoms with Gasteiger partial charge in [-0.15, -0.1) is 0 Å². The highest BCUT2D eigenvalue weighted by Crippen LogP contribution is 2.22. The van der Waals surface area contributed by atoms with Crippen LogP contribution in [0.15, 0.2) is 18.2 Å². The molecule has 106 valence electrons. The zero-order valence-corrected chi connectivity index (χ0v) is 12.3. The number of nitrogens with zero attached hydrogens (tertiary/aromatic N) is 1. The lowest BCUT2D eigenvalue weighted by Gasteiger charge is -2.28. The second kappa shape index (κ2) is 7.13. The Bertz CT molecular complexity index is 403. The van der Waals surface area contributed by atoms with Gasteiger partial charge in [0, 0.05) is 17.1 Å². The summed E-state index contributed by atoms with van der Waals surface area (Å²) >= 11 is 5.92. The summed E-state index contributed by atoms with van der Waals surface area (Å²) in [6.07, 6.45) is 3.83. The van der Waals surface area contributed by atoms with E-state index in [1.807, 2.05) is 6.07 Å². The lowest BCUT2D eigenvalue weighted by Crippen LogP contribution is -2.31. The van der Waals surface area contributed by atoms with Gasteiger partial charge in [0.25, 0.3) is 0 Å². The van der Waals surface area contributed by atoms with Crippen LogP contribution in [0.5, 0.6) is 5.75 Å². The first-order valence-electron chi connectivity index (χ1n) is 7.02. The summed E-state index contributed by atoms with van der Waals surface area (Å²) < 4.78 is 0. The lowest BCUT2D eigenvalue weighted by atomic mass is 9.94. The molecule has 0 atom stereocenters. The van der Waals surface area contributed by atoms with Crippen LogP contribution in [0.3, 0.4) is 0 Å². The molecule has 0 saturated carbocycles. The highest BCUT2D eigenvalue weighted by molar-refractivity contribution is 6.30. The Hall–Kier alpha value is -0.770. The number of phenols is 1. The van der Waals surface area contributed by atoms with Crippen LogP contribution in [0.1, 0.15) is 24.8 Å². The largest absolute Gasteiger partial charge is 0.508 e. The molecule has 1 fully saturated rings. The number of rotatable bonds is 5. The molecule has 4 heteroatoms. The van der Waals surface area contributed by atoms with Crippen LogP contribution in [0.25, 0.3) is 0 Å². The standard InChI is InChI=1S/C15H23ClN2O/c1-18-8-5-12(6-9-18)4-7-17-11-13-10-14(16)2-3-15(13)19/h2-3,10,12,17,19H,4-9,11H2,1H3. The van der Waals surface area contributed by atoms with Gasteiger partial charge in [-0.05, 0) is 70.1 Å². The number of aromatic hydroxyl groups is 1. The highest BCUT2D eigenvalue weighted by atomic mass is 35.5. The van der Waals surface area contributed by atoms with Crippen LogP contribution in [0.4, 0.5) is 0 Å². The summed E-state index contributed by atoms with van der Waals surface area (Å²) in [7, 11) is 2.19. The minimum absolute atomic E-state index is 0.316. The van der Waals surface area contributed by atoms with Crippen LogP contribution >= 0.6 is 11.6 Å². The molecular formula is C15H23ClN2O. The zero-order chi connectivity index (χ0) is 13.7. The quantitative estimate of drug-likeness (QED) is 0.815. The second-order valence-electron chi connectivity index (χ2n) is 5.49. The Labute approximate surface area is 120 Å². The fourth-order valence-electron chi connectivity index (χ4n) is 2.58. The molecule has 1 aliphatic rings. The summed E-state index contributed by atoms with van der Waals surface area (Å²) in [5, 5.41) is 13.8. The van der Waals surface area contributed by atoms with Crippen molar-refractivity contribution in [2.75, 3.05) is 26.7 Å². The predicted octanol–water partition coefficient (Wildman–Crippen LogP) is 2.87. The van der Waals surface area contributed by atoms with Gasteiger partial charge < -0.3 is 15.3 Å². The van der Waals surface area contributed by atoms with Crippen molar-refractivity contribution in [3.8, 4) is 5.75 Å². The van der Waals surface area contributed by atoms with Crippen molar-refractivity contribution in [2.45, 2.75) is 25.8 Å². The Morgan fingerprint density at radius 2 is 2.11 bits per heavy atom. The third kappa shape index (κ3) is 4.68. The SMILES string of the molecule is CN1CCC(CCNCc2cc(Cl)ccc2O)CC1. The van der Waals surface area contributed by atoms with Gasteiger partial charge in [0.2, 0.25) is 0 Å². The molecule has 19 heavy (non-hydrogen) atoms. The van der Waals surface area contributed by atoms with Gasteiger partial charge in [-0.25, -0.2) is 0 Å². The summed E-state index contributed by atoms with van der Waals surface area (Å²) in [4.78, 5) is 2.40. The smallest absolute Gasteiger partial charge is 0.120 e. The number of hydrogen-bond donors (Lipinski definition) is 2. The van der Waals surface area contributed by atoms with E-state index < -0.39 is 0 Å². The summed E-state index contributed by atoms with van der Waals surface area (Å²) in [5.41, 5.74) is 0.871. The molecular weight excluding hydrogens is 260 g/mol. The van der Waals surface area contributed by atoms with Crippen LogP contribution in [-0.2, 0) is 6.54 Å². The van der Waals surface area contributed by atoms with E-state index in [4.69, 9.17) is 11.6 Å². The maximum Gasteiger partial charge on any atom is 0.120 e. The third-order valence-electron chi connectivity index (χ3n) is 3.92. The molecule has 0 aliphatic carbocycles. The molecule has 0 unspecified atom stereocenters. The van der Waals surface area contributed by atoms with Crippen LogP contribution in [-0.4, -0.2) is 36.7 Å². The first kappa shape index (κ1) is 14.6. The molecule has 0 aromatic heterocycles. The van der Waals surface area contributed by atoms with Crippen LogP contribution < -0.4 is 5.32 Å². The van der Waals surface area contributed by atoms with Gasteiger partial charge in [-0.3, -0.25) is 0 Å². The Morgan fingerprint density at radius 3 is 2.84 bits per heavy atom. The molecule has 0 spiro atoms. The van der Waals surface area contributed by atoms with E-state index in [0.29, 0.717) is 17.3 Å². The topological polar surface area (TPSA) is 35.5 Å². The van der Waals surface area contributed by atoms with E-state index in [1.54, 1.807) is 12.1 Å². The average molecular weight is 283 g/mol. The fourth-order valence-corrected chi connectivity index (χ4v) is 2.77. The zero-order valence-electron chi connectivity index (χ0n) is 11.5. The summed E-state index contributed by atoms with van der Waals surface area (Å²) in [6, 6.07) is 5.18. The third-order valence-corrected chi connectivity index (χ3v) is 4.16. The van der Waals surface area contributed by atoms with Crippen LogP contribution in [0, 0.1) is 5.92 Å². The van der Waals surface area contributed by atoms with Crippen LogP contribution in [0.2, 0.25) is 5.02 Å². The van der Waals surface area contributed by atoms with E-state index in [0.717, 1.165) is 18.0 Å². The molecule has 1 heterocycles. The Morgan fingerprint density at radius 1 is 1.37 bits per heavy atom. The van der Waals surface area contributed by atoms with Gasteiger partial charge in [-0.1, -0.05) is 11.6 Å². The molecule has 1 aromatic rings. The predicted molar refractivity (Wildman–Crippen MR) is 79.7 cm³/mol.